The Kier molecular flexibility index (Phi) is 4.05. The van der Waals surface area contributed by atoms with Crippen LogP contribution in [0.5, 0.6) is 0 Å². The van der Waals surface area contributed by atoms with E-state index in [4.69, 9.17) is 5.73 Å². The van der Waals surface area contributed by atoms with Crippen LogP contribution in [0.25, 0.3) is 0 Å². The third kappa shape index (κ3) is 5.30. The van der Waals surface area contributed by atoms with E-state index < -0.39 is 0 Å². The Bertz CT molecular complexity index is 93.1. The zero-order chi connectivity index (χ0) is 7.28. The number of hydrogen-bond donors (Lipinski definition) is 1. The van der Waals surface area contributed by atoms with Gasteiger partial charge in [0.05, 0.1) is 6.61 Å². The van der Waals surface area contributed by atoms with Crippen molar-refractivity contribution in [1.29, 1.82) is 0 Å². The molecule has 0 heterocycles. The Balaban J connectivity index is 3.16. The molecule has 54 valence electrons. The van der Waals surface area contributed by atoms with Gasteiger partial charge < -0.3 is 10.5 Å². The normalized spacial score (nSPS) is 12.8. The fourth-order valence-electron chi connectivity index (χ4n) is 0.328. The zero-order valence-electron chi connectivity index (χ0n) is 5.89. The van der Waals surface area contributed by atoms with Gasteiger partial charge in [0.1, 0.15) is 0 Å². The SMILES string of the molecule is CC(=O)OC[C@H](C)CN. The molecule has 0 fully saturated rings. The molecule has 0 spiro atoms. The first-order valence-corrected chi connectivity index (χ1v) is 3.00. The van der Waals surface area contributed by atoms with Crippen molar-refractivity contribution in [3.05, 3.63) is 0 Å². The monoisotopic (exact) mass is 131 g/mol. The molecule has 3 nitrogen and oxygen atoms in total. The van der Waals surface area contributed by atoms with Gasteiger partial charge in [-0.2, -0.15) is 0 Å². The lowest BCUT2D eigenvalue weighted by atomic mass is 10.2. The molecule has 2 N–H and O–H groups in total. The van der Waals surface area contributed by atoms with Gasteiger partial charge in [-0.25, -0.2) is 0 Å². The number of nitrogens with two attached hydrogens (primary N) is 1. The molecule has 3 heteroatoms. The number of esters is 1. The van der Waals surface area contributed by atoms with E-state index in [1.807, 2.05) is 6.92 Å². The van der Waals surface area contributed by atoms with Crippen molar-refractivity contribution in [1.82, 2.24) is 0 Å². The molecular formula is C6H13NO2. The maximum Gasteiger partial charge on any atom is 0.302 e. The summed E-state index contributed by atoms with van der Waals surface area (Å²) in [5.74, 6) is 0.0317. The van der Waals surface area contributed by atoms with E-state index in [0.29, 0.717) is 13.2 Å². The minimum Gasteiger partial charge on any atom is -0.466 e. The summed E-state index contributed by atoms with van der Waals surface area (Å²) in [6, 6.07) is 0. The predicted octanol–water partition coefficient (Wildman–Crippen LogP) is 0.144. The average molecular weight is 131 g/mol. The largest absolute Gasteiger partial charge is 0.466 e. The lowest BCUT2D eigenvalue weighted by Gasteiger charge is -2.06. The number of rotatable bonds is 3. The first-order valence-electron chi connectivity index (χ1n) is 3.00. The molecule has 0 rings (SSSR count). The van der Waals surface area contributed by atoms with Gasteiger partial charge in [0.15, 0.2) is 0 Å². The summed E-state index contributed by atoms with van der Waals surface area (Å²) >= 11 is 0. The van der Waals surface area contributed by atoms with E-state index in [1.165, 1.54) is 6.92 Å². The highest BCUT2D eigenvalue weighted by Gasteiger charge is 1.99. The number of hydrogen-bond acceptors (Lipinski definition) is 3. The Morgan fingerprint density at radius 3 is 2.67 bits per heavy atom. The molecule has 0 radical (unpaired) electrons. The molecule has 0 aromatic rings. The Morgan fingerprint density at radius 1 is 1.78 bits per heavy atom. The highest BCUT2D eigenvalue weighted by molar-refractivity contribution is 5.65. The molecule has 0 aromatic heterocycles. The molecule has 0 bridgehead atoms. The second-order valence-electron chi connectivity index (χ2n) is 2.14. The van der Waals surface area contributed by atoms with Crippen molar-refractivity contribution in [2.24, 2.45) is 11.7 Å². The smallest absolute Gasteiger partial charge is 0.302 e. The van der Waals surface area contributed by atoms with Crippen molar-refractivity contribution in [3.8, 4) is 0 Å². The van der Waals surface area contributed by atoms with Gasteiger partial charge in [0.25, 0.3) is 0 Å². The number of carbonyl (C=O) groups excluding carboxylic acids is 1. The van der Waals surface area contributed by atoms with Crippen LogP contribution in [0.1, 0.15) is 13.8 Å². The van der Waals surface area contributed by atoms with Crippen LogP contribution in [0.3, 0.4) is 0 Å². The maximum absolute atomic E-state index is 10.2. The predicted molar refractivity (Wildman–Crippen MR) is 34.9 cm³/mol. The summed E-state index contributed by atoms with van der Waals surface area (Å²) in [4.78, 5) is 10.2. The standard InChI is InChI=1S/C6H13NO2/c1-5(3-7)4-9-6(2)8/h5H,3-4,7H2,1-2H3/t5-/m1/s1. The van der Waals surface area contributed by atoms with Gasteiger partial charge in [0, 0.05) is 12.8 Å². The number of ether oxygens (including phenoxy) is 1. The molecule has 0 saturated heterocycles. The van der Waals surface area contributed by atoms with Crippen LogP contribution in [-0.2, 0) is 9.53 Å². The lowest BCUT2D eigenvalue weighted by Crippen LogP contribution is -2.17. The van der Waals surface area contributed by atoms with Gasteiger partial charge in [-0.3, -0.25) is 4.79 Å². The topological polar surface area (TPSA) is 52.3 Å². The van der Waals surface area contributed by atoms with Crippen LogP contribution >= 0.6 is 0 Å². The molecule has 0 aliphatic heterocycles. The summed E-state index contributed by atoms with van der Waals surface area (Å²) in [7, 11) is 0. The third-order valence-electron chi connectivity index (χ3n) is 0.973. The van der Waals surface area contributed by atoms with Gasteiger partial charge in [-0.15, -0.1) is 0 Å². The summed E-state index contributed by atoms with van der Waals surface area (Å²) in [5.41, 5.74) is 5.27. The van der Waals surface area contributed by atoms with Crippen LogP contribution in [0.2, 0.25) is 0 Å². The minimum atomic E-state index is -0.240. The van der Waals surface area contributed by atoms with Crippen molar-refractivity contribution in [2.75, 3.05) is 13.2 Å². The van der Waals surface area contributed by atoms with Crippen LogP contribution in [0.15, 0.2) is 0 Å². The fourth-order valence-corrected chi connectivity index (χ4v) is 0.328. The van der Waals surface area contributed by atoms with Crippen molar-refractivity contribution in [3.63, 3.8) is 0 Å². The highest BCUT2D eigenvalue weighted by Crippen LogP contribution is 1.91. The third-order valence-corrected chi connectivity index (χ3v) is 0.973. The minimum absolute atomic E-state index is 0.240. The van der Waals surface area contributed by atoms with Crippen molar-refractivity contribution >= 4 is 5.97 Å². The Morgan fingerprint density at radius 2 is 2.33 bits per heavy atom. The molecule has 0 aromatic carbocycles. The van der Waals surface area contributed by atoms with E-state index in [2.05, 4.69) is 4.74 Å². The molecule has 9 heavy (non-hydrogen) atoms. The van der Waals surface area contributed by atoms with Gasteiger partial charge in [-0.05, 0) is 6.54 Å². The highest BCUT2D eigenvalue weighted by atomic mass is 16.5. The quantitative estimate of drug-likeness (QED) is 0.554. The molecule has 0 unspecified atom stereocenters. The first kappa shape index (κ1) is 8.43. The van der Waals surface area contributed by atoms with E-state index in [-0.39, 0.29) is 11.9 Å². The van der Waals surface area contributed by atoms with Crippen molar-refractivity contribution < 1.29 is 9.53 Å². The van der Waals surface area contributed by atoms with E-state index in [9.17, 15) is 4.79 Å². The van der Waals surface area contributed by atoms with Gasteiger partial charge >= 0.3 is 5.97 Å². The summed E-state index contributed by atoms with van der Waals surface area (Å²) in [6.07, 6.45) is 0. The Hall–Kier alpha value is -0.570. The summed E-state index contributed by atoms with van der Waals surface area (Å²) in [5, 5.41) is 0. The molecule has 1 atom stereocenters. The van der Waals surface area contributed by atoms with Crippen LogP contribution in [0.4, 0.5) is 0 Å². The van der Waals surface area contributed by atoms with Crippen LogP contribution < -0.4 is 5.73 Å². The molecule has 0 aliphatic carbocycles. The van der Waals surface area contributed by atoms with E-state index in [0.717, 1.165) is 0 Å². The Labute approximate surface area is 55.2 Å². The van der Waals surface area contributed by atoms with Crippen LogP contribution in [-0.4, -0.2) is 19.1 Å². The molecular weight excluding hydrogens is 118 g/mol. The fraction of sp³-hybridized carbons (Fsp3) is 0.833. The maximum atomic E-state index is 10.2. The first-order chi connectivity index (χ1) is 4.16. The average Bonchev–Trinajstić information content (AvgIpc) is 1.83. The summed E-state index contributed by atoms with van der Waals surface area (Å²) < 4.78 is 4.68. The van der Waals surface area contributed by atoms with E-state index in [1.54, 1.807) is 0 Å². The second-order valence-corrected chi connectivity index (χ2v) is 2.14. The van der Waals surface area contributed by atoms with Crippen molar-refractivity contribution in [2.45, 2.75) is 13.8 Å². The second kappa shape index (κ2) is 4.32. The van der Waals surface area contributed by atoms with Gasteiger partial charge in [0.2, 0.25) is 0 Å². The van der Waals surface area contributed by atoms with Crippen LogP contribution in [0, 0.1) is 5.92 Å². The molecule has 0 amide bonds. The van der Waals surface area contributed by atoms with Gasteiger partial charge in [-0.1, -0.05) is 6.92 Å². The lowest BCUT2D eigenvalue weighted by molar-refractivity contribution is -0.142. The zero-order valence-corrected chi connectivity index (χ0v) is 5.89. The summed E-state index contributed by atoms with van der Waals surface area (Å²) in [6.45, 7) is 4.32. The molecule has 0 saturated carbocycles. The number of carbonyl (C=O) groups is 1. The molecule has 0 aliphatic rings. The van der Waals surface area contributed by atoms with E-state index >= 15 is 0 Å².